The molecule has 1 aromatic heterocycles. The highest BCUT2D eigenvalue weighted by Crippen LogP contribution is 2.27. The molecule has 2 rings (SSSR count). The van der Waals surface area contributed by atoms with Crippen molar-refractivity contribution in [1.82, 2.24) is 10.1 Å². The molecule has 0 aromatic carbocycles. The Kier molecular flexibility index (Phi) is 3.69. The number of carbonyl (C=O) groups excluding carboxylic acids is 2. The molecule has 0 fully saturated rings. The highest BCUT2D eigenvalue weighted by atomic mass is 16.6. The lowest BCUT2D eigenvalue weighted by atomic mass is 9.91. The summed E-state index contributed by atoms with van der Waals surface area (Å²) >= 11 is 0. The Morgan fingerprint density at radius 3 is 2.84 bits per heavy atom. The topological polar surface area (TPSA) is 72.6 Å². The quantitative estimate of drug-likeness (QED) is 0.607. The third-order valence-electron chi connectivity index (χ3n) is 2.81. The van der Waals surface area contributed by atoms with Crippen molar-refractivity contribution >= 4 is 11.8 Å². The summed E-state index contributed by atoms with van der Waals surface area (Å²) in [5, 5.41) is 3.71. The van der Waals surface area contributed by atoms with Gasteiger partial charge in [-0.05, 0) is 19.8 Å². The van der Waals surface area contributed by atoms with Crippen molar-refractivity contribution in [3.8, 4) is 0 Å². The predicted molar refractivity (Wildman–Crippen MR) is 66.9 cm³/mol. The Hall–Kier alpha value is -2.11. The fourth-order valence-electron chi connectivity index (χ4n) is 2.04. The summed E-state index contributed by atoms with van der Waals surface area (Å²) in [6, 6.07) is 0. The molecule has 0 radical (unpaired) electrons. The van der Waals surface area contributed by atoms with Gasteiger partial charge in [-0.3, -0.25) is 4.79 Å². The van der Waals surface area contributed by atoms with Gasteiger partial charge in [0.25, 0.3) is 0 Å². The van der Waals surface area contributed by atoms with Crippen LogP contribution in [0.1, 0.15) is 40.0 Å². The van der Waals surface area contributed by atoms with Crippen LogP contribution < -0.4 is 0 Å². The number of aromatic nitrogens is 1. The number of ketones is 1. The molecular formula is C13H16N2O4. The second-order valence-electron chi connectivity index (χ2n) is 4.51. The smallest absolute Gasteiger partial charge is 0.377 e. The number of hydrogen-bond donors (Lipinski definition) is 0. The van der Waals surface area contributed by atoms with Gasteiger partial charge in [0.2, 0.25) is 11.5 Å². The first-order valence-corrected chi connectivity index (χ1v) is 6.12. The van der Waals surface area contributed by atoms with E-state index in [2.05, 4.69) is 5.16 Å². The Morgan fingerprint density at radius 2 is 2.21 bits per heavy atom. The summed E-state index contributed by atoms with van der Waals surface area (Å²) in [5.74, 6) is -0.701. The van der Waals surface area contributed by atoms with Crippen LogP contribution in [0, 0.1) is 0 Å². The predicted octanol–water partition coefficient (Wildman–Crippen LogP) is 1.43. The monoisotopic (exact) mass is 264 g/mol. The molecule has 0 unspecified atom stereocenters. The Labute approximate surface area is 111 Å². The van der Waals surface area contributed by atoms with Crippen LogP contribution in [0.4, 0.5) is 0 Å². The Balaban J connectivity index is 2.33. The van der Waals surface area contributed by atoms with E-state index in [0.717, 1.165) is 0 Å². The normalized spacial score (nSPS) is 16.4. The molecule has 6 nitrogen and oxygen atoms in total. The molecule has 1 heterocycles. The molecule has 102 valence electrons. The molecule has 1 aromatic rings. The van der Waals surface area contributed by atoms with Crippen molar-refractivity contribution in [3.05, 3.63) is 28.8 Å². The maximum absolute atomic E-state index is 12.2. The van der Waals surface area contributed by atoms with Gasteiger partial charge in [0.05, 0.1) is 6.61 Å². The molecular weight excluding hydrogens is 248 g/mol. The summed E-state index contributed by atoms with van der Waals surface area (Å²) in [5.41, 5.74) is 1.45. The number of esters is 1. The first-order valence-electron chi connectivity index (χ1n) is 6.12. The Bertz CT molecular complexity index is 543. The fourth-order valence-corrected chi connectivity index (χ4v) is 2.04. The highest BCUT2D eigenvalue weighted by molar-refractivity contribution is 6.10. The maximum atomic E-state index is 12.2. The standard InChI is InChI=1S/C13H16N2O4/c1-4-18-13(17)12-9-6-5-8(7-15(2)3)11(16)10(9)14-19-12/h7H,4-6H2,1-3H3/b8-7-. The molecule has 0 aliphatic heterocycles. The van der Waals surface area contributed by atoms with Crippen molar-refractivity contribution < 1.29 is 18.8 Å². The zero-order valence-corrected chi connectivity index (χ0v) is 11.2. The number of rotatable bonds is 3. The molecule has 0 saturated heterocycles. The van der Waals surface area contributed by atoms with Crippen LogP contribution in [-0.2, 0) is 11.2 Å². The van der Waals surface area contributed by atoms with Gasteiger partial charge >= 0.3 is 5.97 Å². The second-order valence-corrected chi connectivity index (χ2v) is 4.51. The van der Waals surface area contributed by atoms with Gasteiger partial charge in [0.1, 0.15) is 0 Å². The van der Waals surface area contributed by atoms with Crippen LogP contribution >= 0.6 is 0 Å². The summed E-state index contributed by atoms with van der Waals surface area (Å²) in [6.07, 6.45) is 2.89. The van der Waals surface area contributed by atoms with Crippen molar-refractivity contribution in [2.45, 2.75) is 19.8 Å². The molecule has 6 heteroatoms. The SMILES string of the molecule is CCOC(=O)c1onc2c1CC/C(=C/N(C)C)C2=O. The summed E-state index contributed by atoms with van der Waals surface area (Å²) in [4.78, 5) is 25.6. The van der Waals surface area contributed by atoms with Crippen LogP contribution in [0.5, 0.6) is 0 Å². The first-order chi connectivity index (χ1) is 9.04. The first kappa shape index (κ1) is 13.3. The molecule has 1 aliphatic rings. The van der Waals surface area contributed by atoms with Gasteiger partial charge in [-0.1, -0.05) is 5.16 Å². The van der Waals surface area contributed by atoms with E-state index in [1.54, 1.807) is 13.1 Å². The molecule has 0 spiro atoms. The zero-order chi connectivity index (χ0) is 14.0. The van der Waals surface area contributed by atoms with Crippen molar-refractivity contribution in [3.63, 3.8) is 0 Å². The number of nitrogens with zero attached hydrogens (tertiary/aromatic N) is 2. The lowest BCUT2D eigenvalue weighted by Gasteiger charge is -2.14. The zero-order valence-electron chi connectivity index (χ0n) is 11.2. The molecule has 0 N–H and O–H groups in total. The Morgan fingerprint density at radius 1 is 1.47 bits per heavy atom. The minimum absolute atomic E-state index is 0.0501. The largest absolute Gasteiger partial charge is 0.460 e. The van der Waals surface area contributed by atoms with Crippen molar-refractivity contribution in [2.75, 3.05) is 20.7 Å². The molecule has 0 saturated carbocycles. The van der Waals surface area contributed by atoms with Gasteiger partial charge in [0.15, 0.2) is 5.69 Å². The summed E-state index contributed by atoms with van der Waals surface area (Å²) in [6.45, 7) is 1.97. The van der Waals surface area contributed by atoms with E-state index in [1.807, 2.05) is 19.0 Å². The van der Waals surface area contributed by atoms with E-state index in [0.29, 0.717) is 24.0 Å². The van der Waals surface area contributed by atoms with Crippen molar-refractivity contribution in [2.24, 2.45) is 0 Å². The van der Waals surface area contributed by atoms with E-state index in [1.165, 1.54) is 0 Å². The number of ether oxygens (including phenoxy) is 1. The lowest BCUT2D eigenvalue weighted by Crippen LogP contribution is -2.18. The summed E-state index contributed by atoms with van der Waals surface area (Å²) in [7, 11) is 3.70. The summed E-state index contributed by atoms with van der Waals surface area (Å²) < 4.78 is 9.84. The van der Waals surface area contributed by atoms with Gasteiger partial charge in [0, 0.05) is 31.4 Å². The molecule has 19 heavy (non-hydrogen) atoms. The third kappa shape index (κ3) is 2.52. The van der Waals surface area contributed by atoms with Gasteiger partial charge < -0.3 is 14.2 Å². The number of carbonyl (C=O) groups is 2. The average molecular weight is 264 g/mol. The lowest BCUT2D eigenvalue weighted by molar-refractivity contribution is 0.0477. The minimum Gasteiger partial charge on any atom is -0.460 e. The fraction of sp³-hybridized carbons (Fsp3) is 0.462. The van der Waals surface area contributed by atoms with Crippen LogP contribution in [0.3, 0.4) is 0 Å². The second kappa shape index (κ2) is 5.26. The number of Topliss-reactive ketones (excluding diaryl/α,β-unsaturated/α-hetero) is 1. The van der Waals surface area contributed by atoms with Crippen LogP contribution in [0.25, 0.3) is 0 Å². The molecule has 1 aliphatic carbocycles. The average Bonchev–Trinajstić information content (AvgIpc) is 2.77. The van der Waals surface area contributed by atoms with Gasteiger partial charge in [-0.15, -0.1) is 0 Å². The van der Waals surface area contributed by atoms with Crippen molar-refractivity contribution in [1.29, 1.82) is 0 Å². The van der Waals surface area contributed by atoms with E-state index >= 15 is 0 Å². The van der Waals surface area contributed by atoms with E-state index in [-0.39, 0.29) is 23.8 Å². The van der Waals surface area contributed by atoms with E-state index in [9.17, 15) is 9.59 Å². The maximum Gasteiger partial charge on any atom is 0.377 e. The third-order valence-corrected chi connectivity index (χ3v) is 2.81. The van der Waals surface area contributed by atoms with Crippen LogP contribution in [0.15, 0.2) is 16.3 Å². The molecule has 0 atom stereocenters. The highest BCUT2D eigenvalue weighted by Gasteiger charge is 2.32. The number of hydrogen-bond acceptors (Lipinski definition) is 6. The number of fused-ring (bicyclic) bond motifs is 1. The van der Waals surface area contributed by atoms with E-state index < -0.39 is 5.97 Å². The van der Waals surface area contributed by atoms with E-state index in [4.69, 9.17) is 9.26 Å². The number of allylic oxidation sites excluding steroid dienone is 1. The van der Waals surface area contributed by atoms with Gasteiger partial charge in [-0.25, -0.2) is 4.79 Å². The minimum atomic E-state index is -0.566. The van der Waals surface area contributed by atoms with Crippen LogP contribution in [-0.4, -0.2) is 42.5 Å². The van der Waals surface area contributed by atoms with Gasteiger partial charge in [-0.2, -0.15) is 0 Å². The molecule has 0 bridgehead atoms. The molecule has 0 amide bonds. The van der Waals surface area contributed by atoms with Crippen LogP contribution in [0.2, 0.25) is 0 Å².